The first kappa shape index (κ1) is 12.6. The van der Waals surface area contributed by atoms with E-state index in [1.54, 1.807) is 11.8 Å². The molecular formula is C9H15ClN2O2S. The number of halogens is 1. The molecule has 0 spiro atoms. The Hall–Kier alpha value is -0.420. The Labute approximate surface area is 98.5 Å². The van der Waals surface area contributed by atoms with E-state index in [4.69, 9.17) is 11.6 Å². The molecule has 0 unspecified atom stereocenters. The number of alkyl halides is 1. The lowest BCUT2D eigenvalue weighted by Crippen LogP contribution is -2.42. The molecule has 1 fully saturated rings. The Morgan fingerprint density at radius 3 is 2.60 bits per heavy atom. The Kier molecular flexibility index (Phi) is 4.73. The number of urea groups is 1. The first-order chi connectivity index (χ1) is 7.12. The number of amides is 3. The molecule has 0 heterocycles. The third-order valence-electron chi connectivity index (χ3n) is 2.39. The van der Waals surface area contributed by atoms with E-state index in [2.05, 4.69) is 10.6 Å². The summed E-state index contributed by atoms with van der Waals surface area (Å²) < 4.78 is 0.215. The lowest BCUT2D eigenvalue weighted by Gasteiger charge is -2.12. The lowest BCUT2D eigenvalue weighted by molar-refractivity contribution is -0.119. The number of carbonyl (C=O) groups excluding carboxylic acids is 2. The number of imide groups is 1. The van der Waals surface area contributed by atoms with Crippen LogP contribution in [0.2, 0.25) is 0 Å². The van der Waals surface area contributed by atoms with Crippen molar-refractivity contribution >= 4 is 35.3 Å². The van der Waals surface area contributed by atoms with Crippen molar-refractivity contribution in [2.24, 2.45) is 0 Å². The molecule has 2 N–H and O–H groups in total. The summed E-state index contributed by atoms with van der Waals surface area (Å²) in [7, 11) is 0. The molecule has 1 aliphatic rings. The van der Waals surface area contributed by atoms with Crippen molar-refractivity contribution in [1.82, 2.24) is 10.6 Å². The van der Waals surface area contributed by atoms with Gasteiger partial charge in [0.2, 0.25) is 5.91 Å². The fourth-order valence-corrected chi connectivity index (χ4v) is 2.05. The molecule has 1 saturated carbocycles. The van der Waals surface area contributed by atoms with Crippen LogP contribution in [-0.4, -0.2) is 35.4 Å². The van der Waals surface area contributed by atoms with Crippen LogP contribution in [0.1, 0.15) is 19.3 Å². The third-order valence-corrected chi connectivity index (χ3v) is 3.99. The van der Waals surface area contributed by atoms with E-state index in [9.17, 15) is 9.59 Å². The summed E-state index contributed by atoms with van der Waals surface area (Å²) in [5.74, 6) is -0.107. The Bertz CT molecular complexity index is 256. The monoisotopic (exact) mass is 250 g/mol. The van der Waals surface area contributed by atoms with Gasteiger partial charge in [0.25, 0.3) is 0 Å². The molecule has 6 heteroatoms. The van der Waals surface area contributed by atoms with Crippen LogP contribution in [0.4, 0.5) is 4.79 Å². The average Bonchev–Trinajstić information content (AvgIpc) is 2.96. The van der Waals surface area contributed by atoms with E-state index >= 15 is 0 Å². The molecular weight excluding hydrogens is 236 g/mol. The second kappa shape index (κ2) is 5.61. The van der Waals surface area contributed by atoms with Crippen LogP contribution in [0.3, 0.4) is 0 Å². The summed E-state index contributed by atoms with van der Waals surface area (Å²) in [5.41, 5.74) is 0. The number of hydrogen-bond acceptors (Lipinski definition) is 3. The van der Waals surface area contributed by atoms with E-state index in [0.717, 1.165) is 12.8 Å². The van der Waals surface area contributed by atoms with Gasteiger partial charge in [-0.15, -0.1) is 11.6 Å². The minimum atomic E-state index is -0.426. The molecule has 0 bridgehead atoms. The molecule has 1 aliphatic carbocycles. The van der Waals surface area contributed by atoms with Crippen molar-refractivity contribution in [1.29, 1.82) is 0 Å². The number of nitrogens with one attached hydrogen (secondary N) is 2. The highest BCUT2D eigenvalue weighted by molar-refractivity contribution is 8.00. The van der Waals surface area contributed by atoms with Gasteiger partial charge in [-0.3, -0.25) is 10.1 Å². The van der Waals surface area contributed by atoms with E-state index in [-0.39, 0.29) is 23.0 Å². The first-order valence-corrected chi connectivity index (χ1v) is 6.56. The summed E-state index contributed by atoms with van der Waals surface area (Å²) >= 11 is 7.13. The van der Waals surface area contributed by atoms with Gasteiger partial charge >= 0.3 is 6.03 Å². The van der Waals surface area contributed by atoms with Crippen molar-refractivity contribution in [3.05, 3.63) is 0 Å². The van der Waals surface area contributed by atoms with Crippen LogP contribution in [0.15, 0.2) is 0 Å². The van der Waals surface area contributed by atoms with Crippen LogP contribution >= 0.6 is 23.4 Å². The van der Waals surface area contributed by atoms with Gasteiger partial charge in [0.1, 0.15) is 0 Å². The highest BCUT2D eigenvalue weighted by Crippen LogP contribution is 2.46. The van der Waals surface area contributed by atoms with Crippen LogP contribution in [-0.2, 0) is 4.79 Å². The molecule has 0 aliphatic heterocycles. The number of rotatable bonds is 5. The van der Waals surface area contributed by atoms with Crippen LogP contribution in [0, 0.1) is 0 Å². The zero-order valence-electron chi connectivity index (χ0n) is 8.64. The maximum Gasteiger partial charge on any atom is 0.321 e. The quantitative estimate of drug-likeness (QED) is 0.724. The molecule has 4 nitrogen and oxygen atoms in total. The molecule has 15 heavy (non-hydrogen) atoms. The van der Waals surface area contributed by atoms with Gasteiger partial charge in [-0.05, 0) is 19.1 Å². The molecule has 0 aromatic heterocycles. The van der Waals surface area contributed by atoms with Gasteiger partial charge in [-0.25, -0.2) is 4.79 Å². The van der Waals surface area contributed by atoms with Crippen molar-refractivity contribution in [2.45, 2.75) is 24.0 Å². The zero-order chi connectivity index (χ0) is 11.3. The molecule has 0 saturated heterocycles. The van der Waals surface area contributed by atoms with Gasteiger partial charge in [0.05, 0.1) is 0 Å². The summed E-state index contributed by atoms with van der Waals surface area (Å²) in [4.78, 5) is 22.2. The normalized spacial score (nSPS) is 16.9. The topological polar surface area (TPSA) is 58.2 Å². The average molecular weight is 251 g/mol. The van der Waals surface area contributed by atoms with Crippen LogP contribution in [0.5, 0.6) is 0 Å². The number of hydrogen-bond donors (Lipinski definition) is 2. The van der Waals surface area contributed by atoms with Crippen LogP contribution < -0.4 is 10.6 Å². The molecule has 3 amide bonds. The van der Waals surface area contributed by atoms with Gasteiger partial charge < -0.3 is 5.32 Å². The van der Waals surface area contributed by atoms with Gasteiger partial charge in [-0.1, -0.05) is 0 Å². The minimum absolute atomic E-state index is 0.169. The summed E-state index contributed by atoms with van der Waals surface area (Å²) in [6.45, 7) is 0.619. The van der Waals surface area contributed by atoms with E-state index in [0.29, 0.717) is 6.54 Å². The Morgan fingerprint density at radius 1 is 1.47 bits per heavy atom. The largest absolute Gasteiger partial charge is 0.336 e. The van der Waals surface area contributed by atoms with E-state index in [1.807, 2.05) is 6.26 Å². The van der Waals surface area contributed by atoms with E-state index < -0.39 is 6.03 Å². The highest BCUT2D eigenvalue weighted by atomic mass is 35.5. The van der Waals surface area contributed by atoms with Gasteiger partial charge in [0.15, 0.2) is 0 Å². The standard InChI is InChI=1S/C9H15ClN2O2S/c1-15-9(3-4-9)6-11-8(14)12-7(13)2-5-10/h2-6H2,1H3,(H2,11,12,13,14). The van der Waals surface area contributed by atoms with E-state index in [1.165, 1.54) is 0 Å². The maximum absolute atomic E-state index is 11.2. The number of thioether (sulfide) groups is 1. The third kappa shape index (κ3) is 4.30. The van der Waals surface area contributed by atoms with Gasteiger partial charge in [0, 0.05) is 23.6 Å². The minimum Gasteiger partial charge on any atom is -0.336 e. The van der Waals surface area contributed by atoms with Crippen molar-refractivity contribution in [3.8, 4) is 0 Å². The molecule has 0 aromatic rings. The second-order valence-electron chi connectivity index (χ2n) is 3.56. The maximum atomic E-state index is 11.2. The van der Waals surface area contributed by atoms with Crippen molar-refractivity contribution in [2.75, 3.05) is 18.7 Å². The molecule has 86 valence electrons. The summed E-state index contributed by atoms with van der Waals surface area (Å²) in [6.07, 6.45) is 4.46. The van der Waals surface area contributed by atoms with Crippen molar-refractivity contribution < 1.29 is 9.59 Å². The molecule has 0 radical (unpaired) electrons. The summed E-state index contributed by atoms with van der Waals surface area (Å²) in [5, 5.41) is 4.91. The van der Waals surface area contributed by atoms with Gasteiger partial charge in [-0.2, -0.15) is 11.8 Å². The predicted octanol–water partition coefficient (Wildman–Crippen LogP) is 1.34. The Balaban J connectivity index is 2.16. The second-order valence-corrected chi connectivity index (χ2v) is 5.21. The molecule has 0 atom stereocenters. The fourth-order valence-electron chi connectivity index (χ4n) is 1.15. The van der Waals surface area contributed by atoms with Crippen LogP contribution in [0.25, 0.3) is 0 Å². The van der Waals surface area contributed by atoms with Crippen molar-refractivity contribution in [3.63, 3.8) is 0 Å². The first-order valence-electron chi connectivity index (χ1n) is 4.81. The predicted molar refractivity (Wildman–Crippen MR) is 62.4 cm³/mol. The smallest absolute Gasteiger partial charge is 0.321 e. The number of carbonyl (C=O) groups is 2. The molecule has 1 rings (SSSR count). The molecule has 0 aromatic carbocycles. The fraction of sp³-hybridized carbons (Fsp3) is 0.778. The SMILES string of the molecule is CSC1(CNC(=O)NC(=O)CCCl)CC1. The zero-order valence-corrected chi connectivity index (χ0v) is 10.2. The summed E-state index contributed by atoms with van der Waals surface area (Å²) in [6, 6.07) is -0.426. The lowest BCUT2D eigenvalue weighted by atomic mass is 10.4. The highest BCUT2D eigenvalue weighted by Gasteiger charge is 2.41. The Morgan fingerprint density at radius 2 is 2.13 bits per heavy atom.